The number of para-hydroxylation sites is 1. The van der Waals surface area contributed by atoms with E-state index in [0.29, 0.717) is 17.4 Å². The Morgan fingerprint density at radius 3 is 2.84 bits per heavy atom. The van der Waals surface area contributed by atoms with Gasteiger partial charge in [-0.15, -0.1) is 0 Å². The minimum atomic E-state index is -0.357. The topological polar surface area (TPSA) is 64.8 Å². The van der Waals surface area contributed by atoms with Crippen LogP contribution in [-0.2, 0) is 16.1 Å². The molecule has 0 saturated heterocycles. The van der Waals surface area contributed by atoms with Gasteiger partial charge in [-0.05, 0) is 32.0 Å². The van der Waals surface area contributed by atoms with Gasteiger partial charge in [0.05, 0.1) is 17.8 Å². The molecule has 6 nitrogen and oxygen atoms in total. The number of hydrogen-bond acceptors (Lipinski definition) is 4. The van der Waals surface area contributed by atoms with Crippen molar-refractivity contribution in [3.8, 4) is 5.75 Å². The number of carbonyl (C=O) groups is 1. The normalized spacial score (nSPS) is 11.0. The average Bonchev–Trinajstić information content (AvgIpc) is 2.86. The van der Waals surface area contributed by atoms with Crippen molar-refractivity contribution in [2.24, 2.45) is 5.10 Å². The van der Waals surface area contributed by atoms with Crippen LogP contribution in [0.1, 0.15) is 17.0 Å². The average molecular weight is 364 g/mol. The smallest absolute Gasteiger partial charge is 0.277 e. The molecule has 2 aromatic rings. The Bertz CT molecular complexity index is 756. The summed E-state index contributed by atoms with van der Waals surface area (Å²) >= 11 is 5.97. The van der Waals surface area contributed by atoms with Crippen LogP contribution in [0.2, 0.25) is 5.02 Å². The van der Waals surface area contributed by atoms with Crippen molar-refractivity contribution in [2.45, 2.75) is 20.4 Å². The molecule has 0 fully saturated rings. The van der Waals surface area contributed by atoms with Gasteiger partial charge in [-0.1, -0.05) is 23.7 Å². The molecule has 25 heavy (non-hydrogen) atoms. The van der Waals surface area contributed by atoms with E-state index in [-0.39, 0.29) is 12.5 Å². The fraction of sp³-hybridized carbons (Fsp3) is 0.333. The molecule has 0 aliphatic heterocycles. The summed E-state index contributed by atoms with van der Waals surface area (Å²) in [5, 5.41) is 4.45. The first-order valence-corrected chi connectivity index (χ1v) is 8.25. The minimum absolute atomic E-state index is 0.159. The van der Waals surface area contributed by atoms with Gasteiger partial charge < -0.3 is 14.0 Å². The summed E-state index contributed by atoms with van der Waals surface area (Å²) in [6.07, 6.45) is 1.62. The van der Waals surface area contributed by atoms with Gasteiger partial charge in [-0.25, -0.2) is 5.43 Å². The number of halogens is 1. The predicted octanol–water partition coefficient (Wildman–Crippen LogP) is 2.93. The Kier molecular flexibility index (Phi) is 7.03. The van der Waals surface area contributed by atoms with Crippen molar-refractivity contribution in [2.75, 3.05) is 20.3 Å². The molecule has 0 radical (unpaired) electrons. The maximum atomic E-state index is 11.8. The van der Waals surface area contributed by atoms with E-state index in [9.17, 15) is 4.79 Å². The molecule has 0 spiro atoms. The van der Waals surface area contributed by atoms with Gasteiger partial charge >= 0.3 is 0 Å². The summed E-state index contributed by atoms with van der Waals surface area (Å²) in [6.45, 7) is 5.29. The van der Waals surface area contributed by atoms with Gasteiger partial charge in [-0.2, -0.15) is 5.10 Å². The van der Waals surface area contributed by atoms with E-state index in [0.717, 1.165) is 23.5 Å². The molecule has 0 bridgehead atoms. The number of aromatic nitrogens is 1. The number of ether oxygens (including phenoxy) is 2. The number of hydrazone groups is 1. The number of amides is 1. The van der Waals surface area contributed by atoms with Crippen LogP contribution >= 0.6 is 11.6 Å². The first-order valence-electron chi connectivity index (χ1n) is 7.88. The Balaban J connectivity index is 1.88. The Morgan fingerprint density at radius 1 is 1.36 bits per heavy atom. The van der Waals surface area contributed by atoms with Gasteiger partial charge in [0.25, 0.3) is 5.91 Å². The number of nitrogens with zero attached hydrogens (tertiary/aromatic N) is 2. The van der Waals surface area contributed by atoms with E-state index >= 15 is 0 Å². The summed E-state index contributed by atoms with van der Waals surface area (Å²) in [7, 11) is 1.68. The van der Waals surface area contributed by atoms with E-state index < -0.39 is 0 Å². The molecule has 2 rings (SSSR count). The lowest BCUT2D eigenvalue weighted by atomic mass is 10.3. The molecule has 0 unspecified atom stereocenters. The second-order valence-electron chi connectivity index (χ2n) is 5.48. The van der Waals surface area contributed by atoms with Gasteiger partial charge in [0.2, 0.25) is 0 Å². The lowest BCUT2D eigenvalue weighted by molar-refractivity contribution is -0.123. The molecule has 7 heteroatoms. The summed E-state index contributed by atoms with van der Waals surface area (Å²) in [5.74, 6) is 0.106. The van der Waals surface area contributed by atoms with Gasteiger partial charge in [0.1, 0.15) is 5.75 Å². The third-order valence-corrected chi connectivity index (χ3v) is 4.03. The third kappa shape index (κ3) is 5.34. The van der Waals surface area contributed by atoms with Crippen LogP contribution in [0.15, 0.2) is 35.4 Å². The number of carbonyl (C=O) groups excluding carboxylic acids is 1. The lowest BCUT2D eigenvalue weighted by Gasteiger charge is -2.08. The largest absolute Gasteiger partial charge is 0.482 e. The molecule has 134 valence electrons. The lowest BCUT2D eigenvalue weighted by Crippen LogP contribution is -2.24. The van der Waals surface area contributed by atoms with Crippen LogP contribution in [-0.4, -0.2) is 37.0 Å². The number of benzene rings is 1. The molecule has 1 aromatic heterocycles. The van der Waals surface area contributed by atoms with Crippen molar-refractivity contribution in [3.63, 3.8) is 0 Å². The summed E-state index contributed by atoms with van der Waals surface area (Å²) < 4.78 is 12.6. The molecule has 1 heterocycles. The summed E-state index contributed by atoms with van der Waals surface area (Å²) in [6, 6.07) is 9.00. The predicted molar refractivity (Wildman–Crippen MR) is 98.5 cm³/mol. The zero-order chi connectivity index (χ0) is 18.2. The van der Waals surface area contributed by atoms with E-state index in [1.54, 1.807) is 37.6 Å². The second-order valence-corrected chi connectivity index (χ2v) is 5.89. The maximum Gasteiger partial charge on any atom is 0.277 e. The number of hydrogen-bond donors (Lipinski definition) is 1. The summed E-state index contributed by atoms with van der Waals surface area (Å²) in [5.41, 5.74) is 5.58. The molecule has 1 N–H and O–H groups in total. The highest BCUT2D eigenvalue weighted by atomic mass is 35.5. The molecule has 0 aliphatic rings. The fourth-order valence-corrected chi connectivity index (χ4v) is 2.59. The number of aryl methyl sites for hydroxylation is 1. The van der Waals surface area contributed by atoms with Gasteiger partial charge in [-0.3, -0.25) is 4.79 Å². The zero-order valence-corrected chi connectivity index (χ0v) is 15.3. The van der Waals surface area contributed by atoms with E-state index in [1.165, 1.54) is 0 Å². The SMILES string of the molecule is COCCn1c(C)cc(/C=N/NC(=O)COc2ccccc2Cl)c1C. The highest BCUT2D eigenvalue weighted by molar-refractivity contribution is 6.32. The van der Waals surface area contributed by atoms with E-state index in [2.05, 4.69) is 15.1 Å². The molecule has 0 saturated carbocycles. The van der Waals surface area contributed by atoms with Crippen LogP contribution in [0.3, 0.4) is 0 Å². The Morgan fingerprint density at radius 2 is 2.12 bits per heavy atom. The number of nitrogens with one attached hydrogen (secondary N) is 1. The standard InChI is InChI=1S/C18H22ClN3O3/c1-13-10-15(14(2)22(13)8-9-24-3)11-20-21-18(23)12-25-17-7-5-4-6-16(17)19/h4-7,10-11H,8-9,12H2,1-3H3,(H,21,23)/b20-11+. The van der Waals surface area contributed by atoms with Crippen molar-refractivity contribution in [3.05, 3.63) is 52.3 Å². The fourth-order valence-electron chi connectivity index (χ4n) is 2.40. The Labute approximate surface area is 152 Å². The molecule has 0 atom stereocenters. The zero-order valence-electron chi connectivity index (χ0n) is 14.6. The highest BCUT2D eigenvalue weighted by Crippen LogP contribution is 2.22. The highest BCUT2D eigenvalue weighted by Gasteiger charge is 2.08. The van der Waals surface area contributed by atoms with Crippen LogP contribution in [0.5, 0.6) is 5.75 Å². The van der Waals surface area contributed by atoms with Crippen molar-refractivity contribution >= 4 is 23.7 Å². The monoisotopic (exact) mass is 363 g/mol. The van der Waals surface area contributed by atoms with E-state index in [1.807, 2.05) is 19.9 Å². The molecule has 1 aromatic carbocycles. The van der Waals surface area contributed by atoms with Crippen LogP contribution < -0.4 is 10.2 Å². The van der Waals surface area contributed by atoms with Crippen molar-refractivity contribution in [1.29, 1.82) is 0 Å². The van der Waals surface area contributed by atoms with Gasteiger partial charge in [0.15, 0.2) is 6.61 Å². The maximum absolute atomic E-state index is 11.8. The molecular weight excluding hydrogens is 342 g/mol. The molecular formula is C18H22ClN3O3. The Hall–Kier alpha value is -2.31. The van der Waals surface area contributed by atoms with Crippen molar-refractivity contribution in [1.82, 2.24) is 9.99 Å². The first-order chi connectivity index (χ1) is 12.0. The molecule has 1 amide bonds. The third-order valence-electron chi connectivity index (χ3n) is 3.72. The van der Waals surface area contributed by atoms with Gasteiger partial charge in [0, 0.05) is 30.6 Å². The number of rotatable bonds is 8. The van der Waals surface area contributed by atoms with Crippen LogP contribution in [0.25, 0.3) is 0 Å². The second kappa shape index (κ2) is 9.25. The summed E-state index contributed by atoms with van der Waals surface area (Å²) in [4.78, 5) is 11.8. The first kappa shape index (κ1) is 19.0. The van der Waals surface area contributed by atoms with E-state index in [4.69, 9.17) is 21.1 Å². The quantitative estimate of drug-likeness (QED) is 0.579. The van der Waals surface area contributed by atoms with Crippen LogP contribution in [0, 0.1) is 13.8 Å². The number of methoxy groups -OCH3 is 1. The van der Waals surface area contributed by atoms with Crippen molar-refractivity contribution < 1.29 is 14.3 Å². The minimum Gasteiger partial charge on any atom is -0.482 e. The van der Waals surface area contributed by atoms with Crippen LogP contribution in [0.4, 0.5) is 0 Å². The molecule has 0 aliphatic carbocycles.